The van der Waals surface area contributed by atoms with Gasteiger partial charge in [0.05, 0.1) is 12.3 Å². The van der Waals surface area contributed by atoms with Crippen LogP contribution in [-0.4, -0.2) is 37.0 Å². The van der Waals surface area contributed by atoms with Crippen molar-refractivity contribution in [3.05, 3.63) is 29.0 Å². The Bertz CT molecular complexity index is 582. The topological polar surface area (TPSA) is 69.6 Å². The Balaban J connectivity index is 2.21. The Morgan fingerprint density at radius 1 is 1.45 bits per heavy atom. The number of hydrogen-bond acceptors (Lipinski definition) is 3. The number of anilines is 1. The largest absolute Gasteiger partial charge is 0.395 e. The summed E-state index contributed by atoms with van der Waals surface area (Å²) >= 11 is 5.62. The molecule has 20 heavy (non-hydrogen) atoms. The Labute approximate surface area is 122 Å². The van der Waals surface area contributed by atoms with Gasteiger partial charge in [0.25, 0.3) is 0 Å². The van der Waals surface area contributed by atoms with Gasteiger partial charge in [-0.2, -0.15) is 12.7 Å². The predicted octanol–water partition coefficient (Wildman–Crippen LogP) is 1.98. The monoisotopic (exact) mass is 322 g/mol. The first-order valence-electron chi connectivity index (χ1n) is 6.29. The molecule has 0 bridgehead atoms. The number of nitrogens with zero attached hydrogens (tertiary/aromatic N) is 1. The van der Waals surface area contributed by atoms with Crippen LogP contribution in [0, 0.1) is 5.82 Å². The molecule has 1 saturated heterocycles. The molecule has 0 saturated carbocycles. The molecule has 0 amide bonds. The van der Waals surface area contributed by atoms with Gasteiger partial charge in [0.15, 0.2) is 0 Å². The minimum atomic E-state index is -3.89. The smallest absolute Gasteiger partial charge is 0.302 e. The van der Waals surface area contributed by atoms with E-state index in [1.54, 1.807) is 0 Å². The molecule has 8 heteroatoms. The molecule has 1 aliphatic rings. The zero-order valence-electron chi connectivity index (χ0n) is 10.7. The minimum absolute atomic E-state index is 0.156. The average molecular weight is 323 g/mol. The number of rotatable bonds is 4. The van der Waals surface area contributed by atoms with Gasteiger partial charge in [-0.1, -0.05) is 18.0 Å². The molecule has 0 radical (unpaired) electrons. The Morgan fingerprint density at radius 3 is 2.85 bits per heavy atom. The maximum absolute atomic E-state index is 13.6. The van der Waals surface area contributed by atoms with Crippen LogP contribution in [0.4, 0.5) is 10.1 Å². The summed E-state index contributed by atoms with van der Waals surface area (Å²) in [4.78, 5) is 0. The lowest BCUT2D eigenvalue weighted by molar-refractivity contribution is 0.156. The first-order chi connectivity index (χ1) is 9.44. The van der Waals surface area contributed by atoms with E-state index in [2.05, 4.69) is 4.72 Å². The molecule has 1 aromatic carbocycles. The van der Waals surface area contributed by atoms with Gasteiger partial charge in [0, 0.05) is 17.6 Å². The molecule has 1 fully saturated rings. The highest BCUT2D eigenvalue weighted by Gasteiger charge is 2.32. The van der Waals surface area contributed by atoms with Crippen molar-refractivity contribution >= 4 is 27.5 Å². The third-order valence-corrected chi connectivity index (χ3v) is 5.07. The van der Waals surface area contributed by atoms with Crippen molar-refractivity contribution in [3.63, 3.8) is 0 Å². The van der Waals surface area contributed by atoms with E-state index in [4.69, 9.17) is 11.6 Å². The van der Waals surface area contributed by atoms with Crippen LogP contribution in [0.1, 0.15) is 19.3 Å². The fraction of sp³-hybridized carbons (Fsp3) is 0.500. The molecular weight excluding hydrogens is 307 g/mol. The minimum Gasteiger partial charge on any atom is -0.395 e. The van der Waals surface area contributed by atoms with Crippen molar-refractivity contribution in [2.24, 2.45) is 0 Å². The fourth-order valence-corrected chi connectivity index (χ4v) is 3.90. The molecular formula is C12H16ClFN2O3S. The maximum Gasteiger partial charge on any atom is 0.302 e. The van der Waals surface area contributed by atoms with Crippen molar-refractivity contribution in [1.82, 2.24) is 4.31 Å². The molecule has 0 spiro atoms. The Morgan fingerprint density at radius 2 is 2.20 bits per heavy atom. The molecule has 2 rings (SSSR count). The van der Waals surface area contributed by atoms with E-state index >= 15 is 0 Å². The van der Waals surface area contributed by atoms with E-state index in [9.17, 15) is 17.9 Å². The normalized spacial score (nSPS) is 20.9. The summed E-state index contributed by atoms with van der Waals surface area (Å²) < 4.78 is 41.6. The SMILES string of the molecule is O=S(=O)(Nc1ccc(Cl)cc1F)N1CCCCC1CO. The number of benzene rings is 1. The van der Waals surface area contributed by atoms with Crippen LogP contribution >= 0.6 is 11.6 Å². The molecule has 1 aromatic rings. The van der Waals surface area contributed by atoms with Gasteiger partial charge in [-0.25, -0.2) is 4.39 Å². The average Bonchev–Trinajstić information content (AvgIpc) is 2.42. The molecule has 0 aliphatic carbocycles. The molecule has 1 atom stereocenters. The Hall–Kier alpha value is -0.890. The summed E-state index contributed by atoms with van der Waals surface area (Å²) in [6.07, 6.45) is 2.19. The third-order valence-electron chi connectivity index (χ3n) is 3.26. The highest BCUT2D eigenvalue weighted by Crippen LogP contribution is 2.24. The summed E-state index contributed by atoms with van der Waals surface area (Å²) in [5, 5.41) is 9.45. The molecule has 112 valence electrons. The standard InChI is InChI=1S/C12H16ClFN2O3S/c13-9-4-5-12(11(14)7-9)15-20(18,19)16-6-2-1-3-10(16)8-17/h4-5,7,10,15,17H,1-3,6,8H2. The van der Waals surface area contributed by atoms with E-state index in [0.717, 1.165) is 18.9 Å². The van der Waals surface area contributed by atoms with E-state index < -0.39 is 22.1 Å². The number of aliphatic hydroxyl groups excluding tert-OH is 1. The second kappa shape index (κ2) is 6.26. The zero-order chi connectivity index (χ0) is 14.8. The summed E-state index contributed by atoms with van der Waals surface area (Å²) in [6.45, 7) is 0.0692. The fourth-order valence-electron chi connectivity index (χ4n) is 2.24. The third kappa shape index (κ3) is 3.41. The maximum atomic E-state index is 13.6. The van der Waals surface area contributed by atoms with Crippen LogP contribution in [0.25, 0.3) is 0 Å². The second-order valence-electron chi connectivity index (χ2n) is 4.67. The van der Waals surface area contributed by atoms with Crippen molar-refractivity contribution in [3.8, 4) is 0 Å². The first kappa shape index (κ1) is 15.5. The summed E-state index contributed by atoms with van der Waals surface area (Å²) in [7, 11) is -3.89. The van der Waals surface area contributed by atoms with E-state index in [1.165, 1.54) is 16.4 Å². The lowest BCUT2D eigenvalue weighted by atomic mass is 10.1. The highest BCUT2D eigenvalue weighted by molar-refractivity contribution is 7.90. The van der Waals surface area contributed by atoms with Gasteiger partial charge in [-0.3, -0.25) is 4.72 Å². The molecule has 1 heterocycles. The van der Waals surface area contributed by atoms with Crippen LogP contribution in [-0.2, 0) is 10.2 Å². The van der Waals surface area contributed by atoms with E-state index in [0.29, 0.717) is 13.0 Å². The summed E-state index contributed by atoms with van der Waals surface area (Å²) in [5.41, 5.74) is -0.156. The van der Waals surface area contributed by atoms with Crippen molar-refractivity contribution < 1.29 is 17.9 Å². The number of hydrogen-bond donors (Lipinski definition) is 2. The molecule has 1 unspecified atom stereocenters. The lowest BCUT2D eigenvalue weighted by Crippen LogP contribution is -2.48. The van der Waals surface area contributed by atoms with Gasteiger partial charge < -0.3 is 5.11 Å². The van der Waals surface area contributed by atoms with Gasteiger partial charge in [-0.15, -0.1) is 0 Å². The molecule has 0 aromatic heterocycles. The van der Waals surface area contributed by atoms with Gasteiger partial charge in [-0.05, 0) is 31.0 Å². The molecule has 2 N–H and O–H groups in total. The van der Waals surface area contributed by atoms with Crippen molar-refractivity contribution in [1.29, 1.82) is 0 Å². The van der Waals surface area contributed by atoms with Crippen LogP contribution < -0.4 is 4.72 Å². The summed E-state index contributed by atoms with van der Waals surface area (Å²) in [6, 6.07) is 3.26. The van der Waals surface area contributed by atoms with Crippen LogP contribution in [0.3, 0.4) is 0 Å². The van der Waals surface area contributed by atoms with Crippen molar-refractivity contribution in [2.75, 3.05) is 17.9 Å². The quantitative estimate of drug-likeness (QED) is 0.890. The number of halogens is 2. The van der Waals surface area contributed by atoms with Crippen LogP contribution in [0.5, 0.6) is 0 Å². The predicted molar refractivity (Wildman–Crippen MR) is 75.4 cm³/mol. The van der Waals surface area contributed by atoms with Gasteiger partial charge in [0.1, 0.15) is 5.82 Å². The van der Waals surface area contributed by atoms with Gasteiger partial charge >= 0.3 is 10.2 Å². The highest BCUT2D eigenvalue weighted by atomic mass is 35.5. The summed E-state index contributed by atoms with van der Waals surface area (Å²) in [5.74, 6) is -0.737. The molecule has 1 aliphatic heterocycles. The van der Waals surface area contributed by atoms with E-state index in [-0.39, 0.29) is 17.3 Å². The Kier molecular flexibility index (Phi) is 4.85. The van der Waals surface area contributed by atoms with E-state index in [1.807, 2.05) is 0 Å². The zero-order valence-corrected chi connectivity index (χ0v) is 12.3. The second-order valence-corrected chi connectivity index (χ2v) is 6.73. The van der Waals surface area contributed by atoms with Crippen LogP contribution in [0.2, 0.25) is 5.02 Å². The number of piperidine rings is 1. The number of aliphatic hydroxyl groups is 1. The number of nitrogens with one attached hydrogen (secondary N) is 1. The molecule has 5 nitrogen and oxygen atoms in total. The van der Waals surface area contributed by atoms with Crippen molar-refractivity contribution in [2.45, 2.75) is 25.3 Å². The van der Waals surface area contributed by atoms with Gasteiger partial charge in [0.2, 0.25) is 0 Å². The van der Waals surface area contributed by atoms with Crippen LogP contribution in [0.15, 0.2) is 18.2 Å². The lowest BCUT2D eigenvalue weighted by Gasteiger charge is -2.33. The first-order valence-corrected chi connectivity index (χ1v) is 8.11.